The van der Waals surface area contributed by atoms with Gasteiger partial charge in [-0.05, 0) is 49.6 Å². The van der Waals surface area contributed by atoms with Crippen LogP contribution in [0.3, 0.4) is 0 Å². The van der Waals surface area contributed by atoms with Crippen LogP contribution in [-0.2, 0) is 9.59 Å². The van der Waals surface area contributed by atoms with Gasteiger partial charge in [0.15, 0.2) is 0 Å². The first-order chi connectivity index (χ1) is 11.0. The number of amides is 2. The minimum Gasteiger partial charge on any atom is -0.325 e. The number of halogens is 1. The summed E-state index contributed by atoms with van der Waals surface area (Å²) in [5.74, 6) is -0.544. The highest BCUT2D eigenvalue weighted by molar-refractivity contribution is 6.31. The van der Waals surface area contributed by atoms with E-state index in [4.69, 9.17) is 11.6 Å². The first-order valence-corrected chi connectivity index (χ1v) is 7.84. The number of para-hydroxylation sites is 1. The van der Waals surface area contributed by atoms with Crippen molar-refractivity contribution in [3.05, 3.63) is 59.1 Å². The number of hydrogen-bond acceptors (Lipinski definition) is 2. The van der Waals surface area contributed by atoms with Gasteiger partial charge in [-0.1, -0.05) is 35.9 Å². The van der Waals surface area contributed by atoms with Gasteiger partial charge in [0.1, 0.15) is 5.41 Å². The van der Waals surface area contributed by atoms with Gasteiger partial charge in [-0.15, -0.1) is 0 Å². The van der Waals surface area contributed by atoms with Crippen molar-refractivity contribution in [1.82, 2.24) is 0 Å². The Morgan fingerprint density at radius 2 is 1.61 bits per heavy atom. The predicted octanol–water partition coefficient (Wildman–Crippen LogP) is 4.01. The molecule has 0 saturated heterocycles. The van der Waals surface area contributed by atoms with Crippen molar-refractivity contribution in [2.75, 3.05) is 10.6 Å². The van der Waals surface area contributed by atoms with E-state index in [1.807, 2.05) is 25.1 Å². The first-order valence-electron chi connectivity index (χ1n) is 7.46. The molecule has 0 heterocycles. The van der Waals surface area contributed by atoms with Crippen LogP contribution in [0.5, 0.6) is 0 Å². The molecular weight excluding hydrogens is 312 g/mol. The summed E-state index contributed by atoms with van der Waals surface area (Å²) in [6.07, 6.45) is 1.11. The molecule has 1 saturated carbocycles. The van der Waals surface area contributed by atoms with Crippen LogP contribution in [0.2, 0.25) is 5.02 Å². The molecule has 0 atom stereocenters. The number of rotatable bonds is 4. The largest absolute Gasteiger partial charge is 0.325 e. The molecule has 0 bridgehead atoms. The number of anilines is 2. The molecule has 5 heteroatoms. The molecule has 0 aliphatic heterocycles. The third-order valence-electron chi connectivity index (χ3n) is 4.17. The zero-order valence-corrected chi connectivity index (χ0v) is 13.5. The summed E-state index contributed by atoms with van der Waals surface area (Å²) in [7, 11) is 0. The van der Waals surface area contributed by atoms with Gasteiger partial charge in [0.05, 0.1) is 0 Å². The minimum absolute atomic E-state index is 0.263. The van der Waals surface area contributed by atoms with Crippen LogP contribution < -0.4 is 10.6 Å². The van der Waals surface area contributed by atoms with E-state index in [9.17, 15) is 9.59 Å². The smallest absolute Gasteiger partial charge is 0.240 e. The molecule has 23 heavy (non-hydrogen) atoms. The fourth-order valence-corrected chi connectivity index (χ4v) is 2.61. The number of carbonyl (C=O) groups excluding carboxylic acids is 2. The standard InChI is InChI=1S/C18H17ClN2O2/c1-12-14(19)8-5-9-15(12)21-17(23)18(10-11-18)16(22)20-13-6-3-2-4-7-13/h2-9H,10-11H2,1H3,(H,20,22)(H,21,23). The molecule has 118 valence electrons. The van der Waals surface area contributed by atoms with Gasteiger partial charge in [-0.2, -0.15) is 0 Å². The van der Waals surface area contributed by atoms with Gasteiger partial charge >= 0.3 is 0 Å². The van der Waals surface area contributed by atoms with Crippen LogP contribution >= 0.6 is 11.6 Å². The number of benzene rings is 2. The molecular formula is C18H17ClN2O2. The zero-order chi connectivity index (χ0) is 16.4. The lowest BCUT2D eigenvalue weighted by atomic mass is 10.0. The number of hydrogen-bond donors (Lipinski definition) is 2. The maximum absolute atomic E-state index is 12.6. The lowest BCUT2D eigenvalue weighted by Gasteiger charge is -2.16. The van der Waals surface area contributed by atoms with Crippen molar-refractivity contribution < 1.29 is 9.59 Å². The van der Waals surface area contributed by atoms with Gasteiger partial charge in [-0.25, -0.2) is 0 Å². The highest BCUT2D eigenvalue weighted by atomic mass is 35.5. The summed E-state index contributed by atoms with van der Waals surface area (Å²) in [6, 6.07) is 14.5. The second-order valence-corrected chi connectivity index (χ2v) is 6.18. The summed E-state index contributed by atoms with van der Waals surface area (Å²) in [5, 5.41) is 6.23. The summed E-state index contributed by atoms with van der Waals surface area (Å²) < 4.78 is 0. The van der Waals surface area contributed by atoms with Crippen molar-refractivity contribution in [1.29, 1.82) is 0 Å². The topological polar surface area (TPSA) is 58.2 Å². The van der Waals surface area contributed by atoms with Gasteiger partial charge < -0.3 is 10.6 Å². The molecule has 2 aromatic rings. The van der Waals surface area contributed by atoms with Crippen LogP contribution in [0.4, 0.5) is 11.4 Å². The van der Waals surface area contributed by atoms with Gasteiger partial charge in [0, 0.05) is 16.4 Å². The molecule has 3 rings (SSSR count). The molecule has 0 aromatic heterocycles. The lowest BCUT2D eigenvalue weighted by molar-refractivity contribution is -0.131. The van der Waals surface area contributed by atoms with E-state index in [1.165, 1.54) is 0 Å². The molecule has 2 amide bonds. The van der Waals surface area contributed by atoms with Crippen molar-refractivity contribution in [3.8, 4) is 0 Å². The summed E-state index contributed by atoms with van der Waals surface area (Å²) in [5.41, 5.74) is 1.14. The average Bonchev–Trinajstić information content (AvgIpc) is 3.35. The molecule has 2 N–H and O–H groups in total. The summed E-state index contributed by atoms with van der Waals surface area (Å²) in [6.45, 7) is 1.83. The van der Waals surface area contributed by atoms with Crippen molar-refractivity contribution in [2.45, 2.75) is 19.8 Å². The Hall–Kier alpha value is -2.33. The van der Waals surface area contributed by atoms with E-state index >= 15 is 0 Å². The normalized spacial score (nSPS) is 14.9. The maximum atomic E-state index is 12.6. The molecule has 1 fully saturated rings. The van der Waals surface area contributed by atoms with E-state index in [2.05, 4.69) is 10.6 Å². The van der Waals surface area contributed by atoms with Crippen molar-refractivity contribution in [2.24, 2.45) is 5.41 Å². The average molecular weight is 329 g/mol. The Balaban J connectivity index is 1.74. The Morgan fingerprint density at radius 3 is 2.26 bits per heavy atom. The molecule has 0 unspecified atom stereocenters. The molecule has 4 nitrogen and oxygen atoms in total. The van der Waals surface area contributed by atoms with Crippen LogP contribution in [0.25, 0.3) is 0 Å². The Labute approximate surface area is 139 Å². The third kappa shape index (κ3) is 3.08. The van der Waals surface area contributed by atoms with Crippen LogP contribution in [0.15, 0.2) is 48.5 Å². The van der Waals surface area contributed by atoms with E-state index in [0.717, 1.165) is 5.56 Å². The first kappa shape index (κ1) is 15.6. The van der Waals surface area contributed by atoms with Crippen LogP contribution in [0, 0.1) is 12.3 Å². The summed E-state index contributed by atoms with van der Waals surface area (Å²) >= 11 is 6.07. The SMILES string of the molecule is Cc1c(Cl)cccc1NC(=O)C1(C(=O)Nc2ccccc2)CC1. The van der Waals surface area contributed by atoms with Gasteiger partial charge in [0.25, 0.3) is 0 Å². The van der Waals surface area contributed by atoms with Crippen molar-refractivity contribution >= 4 is 34.8 Å². The fraction of sp³-hybridized carbons (Fsp3) is 0.222. The third-order valence-corrected chi connectivity index (χ3v) is 4.58. The van der Waals surface area contributed by atoms with Crippen molar-refractivity contribution in [3.63, 3.8) is 0 Å². The van der Waals surface area contributed by atoms with E-state index in [1.54, 1.807) is 30.3 Å². The Kier molecular flexibility index (Phi) is 4.09. The summed E-state index contributed by atoms with van der Waals surface area (Å²) in [4.78, 5) is 25.1. The quantitative estimate of drug-likeness (QED) is 0.833. The number of nitrogens with one attached hydrogen (secondary N) is 2. The molecule has 0 radical (unpaired) electrons. The highest BCUT2D eigenvalue weighted by Gasteiger charge is 2.56. The molecule has 0 spiro atoms. The van der Waals surface area contributed by atoms with E-state index in [-0.39, 0.29) is 11.8 Å². The predicted molar refractivity (Wildman–Crippen MR) is 91.6 cm³/mol. The zero-order valence-electron chi connectivity index (χ0n) is 12.7. The van der Waals surface area contributed by atoms with Crippen LogP contribution in [-0.4, -0.2) is 11.8 Å². The molecule has 2 aromatic carbocycles. The Bertz CT molecular complexity index is 755. The minimum atomic E-state index is -0.982. The maximum Gasteiger partial charge on any atom is 0.240 e. The van der Waals surface area contributed by atoms with Crippen LogP contribution in [0.1, 0.15) is 18.4 Å². The number of carbonyl (C=O) groups is 2. The van der Waals surface area contributed by atoms with E-state index < -0.39 is 5.41 Å². The Morgan fingerprint density at radius 1 is 0.957 bits per heavy atom. The lowest BCUT2D eigenvalue weighted by Crippen LogP contribution is -2.35. The second kappa shape index (κ2) is 6.05. The highest BCUT2D eigenvalue weighted by Crippen LogP contribution is 2.47. The van der Waals surface area contributed by atoms with Gasteiger partial charge in [0.2, 0.25) is 11.8 Å². The second-order valence-electron chi connectivity index (χ2n) is 5.77. The monoisotopic (exact) mass is 328 g/mol. The molecule has 1 aliphatic rings. The van der Waals surface area contributed by atoms with Gasteiger partial charge in [-0.3, -0.25) is 9.59 Å². The molecule has 1 aliphatic carbocycles. The fourth-order valence-electron chi connectivity index (χ4n) is 2.44. The van der Waals surface area contributed by atoms with E-state index in [0.29, 0.717) is 29.2 Å².